The smallest absolute Gasteiger partial charge is 0.307 e. The molecule has 0 bridgehead atoms. The molecule has 2 atom stereocenters. The number of aliphatic carboxylic acids is 1. The van der Waals surface area contributed by atoms with Crippen molar-refractivity contribution in [3.05, 3.63) is 112 Å². The van der Waals surface area contributed by atoms with Gasteiger partial charge in [0.05, 0.1) is 22.7 Å². The summed E-state index contributed by atoms with van der Waals surface area (Å²) in [7, 11) is 0. The molecule has 0 saturated heterocycles. The summed E-state index contributed by atoms with van der Waals surface area (Å²) in [6.45, 7) is 3.65. The maximum absolute atomic E-state index is 11.7. The largest absolute Gasteiger partial charge is 0.481 e. The van der Waals surface area contributed by atoms with Gasteiger partial charge in [0.25, 0.3) is 0 Å². The molecule has 6 heteroatoms. The summed E-state index contributed by atoms with van der Waals surface area (Å²) in [6, 6.07) is 26.4. The zero-order valence-corrected chi connectivity index (χ0v) is 25.0. The molecule has 4 aromatic rings. The molecule has 3 aromatic carbocycles. The monoisotopic (exact) mass is 585 g/mol. The lowest BCUT2D eigenvalue weighted by atomic mass is 9.81. The number of hydrogen-bond donors (Lipinski definition) is 2. The highest BCUT2D eigenvalue weighted by molar-refractivity contribution is 7.99. The van der Waals surface area contributed by atoms with Crippen LogP contribution in [0, 0.1) is 11.8 Å². The van der Waals surface area contributed by atoms with E-state index in [-0.39, 0.29) is 11.8 Å². The van der Waals surface area contributed by atoms with Crippen LogP contribution in [0.5, 0.6) is 0 Å². The van der Waals surface area contributed by atoms with Gasteiger partial charge < -0.3 is 10.2 Å². The van der Waals surface area contributed by atoms with Crippen LogP contribution in [0.2, 0.25) is 5.02 Å². The predicted molar refractivity (Wildman–Crippen MR) is 171 cm³/mol. The van der Waals surface area contributed by atoms with Crippen molar-refractivity contribution in [2.24, 2.45) is 11.8 Å². The molecule has 212 valence electrons. The van der Waals surface area contributed by atoms with Crippen molar-refractivity contribution in [3.8, 4) is 0 Å². The van der Waals surface area contributed by atoms with Crippen molar-refractivity contribution in [2.75, 3.05) is 11.5 Å². The lowest BCUT2D eigenvalue weighted by molar-refractivity contribution is -0.141. The van der Waals surface area contributed by atoms with Crippen molar-refractivity contribution in [1.82, 2.24) is 4.98 Å². The highest BCUT2D eigenvalue weighted by Crippen LogP contribution is 2.40. The second-order valence-electron chi connectivity index (χ2n) is 11.4. The number of nitrogens with zero attached hydrogens (tertiary/aromatic N) is 1. The summed E-state index contributed by atoms with van der Waals surface area (Å²) in [5.41, 5.74) is 4.98. The van der Waals surface area contributed by atoms with Crippen LogP contribution in [0.3, 0.4) is 0 Å². The van der Waals surface area contributed by atoms with E-state index in [4.69, 9.17) is 16.6 Å². The Hall–Kier alpha value is -3.12. The van der Waals surface area contributed by atoms with Gasteiger partial charge in [0.1, 0.15) is 0 Å². The van der Waals surface area contributed by atoms with E-state index in [9.17, 15) is 15.0 Å². The van der Waals surface area contributed by atoms with E-state index in [1.807, 2.05) is 68.5 Å². The van der Waals surface area contributed by atoms with Crippen molar-refractivity contribution in [2.45, 2.75) is 44.6 Å². The first-order chi connectivity index (χ1) is 19.7. The van der Waals surface area contributed by atoms with Gasteiger partial charge in [-0.2, -0.15) is 11.8 Å². The van der Waals surface area contributed by atoms with Crippen LogP contribution in [0.4, 0.5) is 0 Å². The molecule has 1 saturated carbocycles. The Morgan fingerprint density at radius 1 is 1.05 bits per heavy atom. The molecule has 0 radical (unpaired) electrons. The van der Waals surface area contributed by atoms with Gasteiger partial charge in [0, 0.05) is 22.1 Å². The molecule has 5 rings (SSSR count). The highest BCUT2D eigenvalue weighted by Gasteiger charge is 2.36. The van der Waals surface area contributed by atoms with Gasteiger partial charge in [0.2, 0.25) is 0 Å². The van der Waals surface area contributed by atoms with Crippen molar-refractivity contribution < 1.29 is 15.0 Å². The van der Waals surface area contributed by atoms with Crippen molar-refractivity contribution in [3.63, 3.8) is 0 Å². The fourth-order valence-corrected chi connectivity index (χ4v) is 6.84. The molecular formula is C35H36ClNO3S. The quantitative estimate of drug-likeness (QED) is 0.163. The first-order valence-electron chi connectivity index (χ1n) is 14.2. The predicted octanol–water partition coefficient (Wildman–Crippen LogP) is 8.65. The van der Waals surface area contributed by atoms with Crippen LogP contribution >= 0.6 is 23.4 Å². The average molecular weight is 586 g/mol. The lowest BCUT2D eigenvalue weighted by Gasteiger charge is -2.27. The number of aromatic nitrogens is 1. The number of fused-ring (bicyclic) bond motifs is 1. The number of carboxylic acids is 1. The molecule has 2 unspecified atom stereocenters. The van der Waals surface area contributed by atoms with Gasteiger partial charge in [-0.3, -0.25) is 4.79 Å². The number of pyridine rings is 1. The number of carbonyl (C=O) groups is 1. The van der Waals surface area contributed by atoms with E-state index in [0.717, 1.165) is 58.3 Å². The molecular weight excluding hydrogens is 550 g/mol. The van der Waals surface area contributed by atoms with Crippen LogP contribution in [0.15, 0.2) is 78.9 Å². The third kappa shape index (κ3) is 7.59. The molecule has 0 spiro atoms. The van der Waals surface area contributed by atoms with E-state index in [2.05, 4.69) is 36.4 Å². The van der Waals surface area contributed by atoms with Crippen LogP contribution in [0.1, 0.15) is 67.0 Å². The van der Waals surface area contributed by atoms with Crippen LogP contribution in [0.25, 0.3) is 23.1 Å². The number of rotatable bonds is 12. The van der Waals surface area contributed by atoms with Gasteiger partial charge in [0.15, 0.2) is 0 Å². The fraction of sp³-hybridized carbons (Fsp3) is 0.314. The minimum absolute atomic E-state index is 0.0589. The molecule has 4 nitrogen and oxygen atoms in total. The van der Waals surface area contributed by atoms with Crippen LogP contribution in [-0.2, 0) is 10.4 Å². The zero-order valence-electron chi connectivity index (χ0n) is 23.5. The van der Waals surface area contributed by atoms with Gasteiger partial charge in [-0.1, -0.05) is 78.3 Å². The highest BCUT2D eigenvalue weighted by atomic mass is 35.5. The first-order valence-corrected chi connectivity index (χ1v) is 15.7. The second-order valence-corrected chi connectivity index (χ2v) is 13.0. The molecule has 0 aliphatic heterocycles. The van der Waals surface area contributed by atoms with Crippen LogP contribution < -0.4 is 0 Å². The Morgan fingerprint density at radius 2 is 1.83 bits per heavy atom. The van der Waals surface area contributed by atoms with Crippen molar-refractivity contribution >= 4 is 52.4 Å². The third-order valence-corrected chi connectivity index (χ3v) is 9.14. The minimum atomic E-state index is -0.982. The van der Waals surface area contributed by atoms with E-state index in [1.54, 1.807) is 11.8 Å². The van der Waals surface area contributed by atoms with Crippen molar-refractivity contribution in [1.29, 1.82) is 0 Å². The topological polar surface area (TPSA) is 70.4 Å². The number of benzene rings is 3. The van der Waals surface area contributed by atoms with E-state index < -0.39 is 11.6 Å². The number of aliphatic hydroxyl groups is 1. The molecule has 1 aromatic heterocycles. The summed E-state index contributed by atoms with van der Waals surface area (Å²) >= 11 is 7.90. The van der Waals surface area contributed by atoms with Gasteiger partial charge in [-0.25, -0.2) is 4.98 Å². The molecule has 0 amide bonds. The average Bonchev–Trinajstić information content (AvgIpc) is 3.78. The standard InChI is InChI=1S/C35H36ClNO3S/c1-35(2,40)32-9-4-3-8-30(32)29(18-19-41-22-31(34(38)39)24-11-12-24)26-7-5-6-23(20-26)10-16-28-17-14-25-13-15-27(36)21-33(25)37-28/h3-10,13-17,20-21,24,29,31,40H,11-12,18-19,22H2,1-2H3,(H,38,39). The van der Waals surface area contributed by atoms with Crippen LogP contribution in [-0.4, -0.2) is 32.7 Å². The normalized spacial score (nSPS) is 15.3. The summed E-state index contributed by atoms with van der Waals surface area (Å²) in [6.07, 6.45) is 6.99. The number of hydrogen-bond acceptors (Lipinski definition) is 4. The summed E-state index contributed by atoms with van der Waals surface area (Å²) in [4.78, 5) is 16.5. The Morgan fingerprint density at radius 3 is 2.59 bits per heavy atom. The Bertz CT molecular complexity index is 1560. The third-order valence-electron chi connectivity index (χ3n) is 7.79. The molecule has 1 aliphatic carbocycles. The van der Waals surface area contributed by atoms with Gasteiger partial charge in [-0.15, -0.1) is 0 Å². The fourth-order valence-electron chi connectivity index (χ4n) is 5.44. The Labute approximate surface area is 251 Å². The molecule has 1 aliphatic rings. The SMILES string of the molecule is CC(C)(O)c1ccccc1C(CCSCC(C(=O)O)C1CC1)c1cccc(C=Cc2ccc3ccc(Cl)cc3n2)c1. The maximum Gasteiger partial charge on any atom is 0.307 e. The van der Waals surface area contributed by atoms with Gasteiger partial charge in [-0.05, 0) is 91.3 Å². The zero-order chi connectivity index (χ0) is 29.0. The lowest BCUT2D eigenvalue weighted by Crippen LogP contribution is -2.20. The van der Waals surface area contributed by atoms with Gasteiger partial charge >= 0.3 is 5.97 Å². The minimum Gasteiger partial charge on any atom is -0.481 e. The van der Waals surface area contributed by atoms with E-state index in [0.29, 0.717) is 16.7 Å². The summed E-state index contributed by atoms with van der Waals surface area (Å²) in [5, 5.41) is 22.4. The molecule has 2 N–H and O–H groups in total. The Kier molecular flexibility index (Phi) is 9.18. The summed E-state index contributed by atoms with van der Waals surface area (Å²) < 4.78 is 0. The molecule has 1 heterocycles. The molecule has 1 fully saturated rings. The molecule has 41 heavy (non-hydrogen) atoms. The summed E-state index contributed by atoms with van der Waals surface area (Å²) in [5.74, 6) is 0.952. The number of carboxylic acid groups (broad SMARTS) is 1. The van der Waals surface area contributed by atoms with E-state index >= 15 is 0 Å². The maximum atomic E-state index is 11.7. The number of halogens is 1. The first kappa shape index (κ1) is 29.4. The second kappa shape index (κ2) is 12.8. The number of thioether (sulfide) groups is 1. The van der Waals surface area contributed by atoms with E-state index in [1.165, 1.54) is 5.56 Å². The Balaban J connectivity index is 1.40.